The zero-order valence-electron chi connectivity index (χ0n) is 11.3. The molecule has 0 aliphatic carbocycles. The first-order valence-electron chi connectivity index (χ1n) is 6.99. The Balaban J connectivity index is 1.74. The first-order chi connectivity index (χ1) is 9.20. The highest BCUT2D eigenvalue weighted by Gasteiger charge is 2.38. The van der Waals surface area contributed by atoms with Crippen LogP contribution in [0.1, 0.15) is 41.0 Å². The normalized spacial score (nSPS) is 27.7. The standard InChI is InChI=1S/C13H20N4OS/c1-10-11(19-16-15-10)12(18)17-7-3-5-13(9-17)4-2-6-14-8-13/h14H,2-9H2,1H3. The van der Waals surface area contributed by atoms with Gasteiger partial charge in [-0.1, -0.05) is 4.49 Å². The van der Waals surface area contributed by atoms with E-state index in [1.807, 2.05) is 11.8 Å². The van der Waals surface area contributed by atoms with Gasteiger partial charge in [0.2, 0.25) is 0 Å². The van der Waals surface area contributed by atoms with Crippen molar-refractivity contribution >= 4 is 17.4 Å². The van der Waals surface area contributed by atoms with E-state index in [2.05, 4.69) is 14.9 Å². The van der Waals surface area contributed by atoms with Crippen LogP contribution in [-0.4, -0.2) is 46.6 Å². The fraction of sp³-hybridized carbons (Fsp3) is 0.769. The SMILES string of the molecule is Cc1nnsc1C(=O)N1CCCC2(CCCNC2)C1. The Labute approximate surface area is 117 Å². The maximum atomic E-state index is 12.5. The maximum Gasteiger partial charge on any atom is 0.267 e. The molecule has 104 valence electrons. The van der Waals surface area contributed by atoms with Crippen molar-refractivity contribution in [1.29, 1.82) is 0 Å². The maximum absolute atomic E-state index is 12.5. The number of likely N-dealkylation sites (tertiary alicyclic amines) is 1. The van der Waals surface area contributed by atoms with Crippen LogP contribution in [-0.2, 0) is 0 Å². The molecule has 1 aromatic rings. The van der Waals surface area contributed by atoms with Crippen molar-refractivity contribution in [1.82, 2.24) is 19.8 Å². The molecule has 2 saturated heterocycles. The summed E-state index contributed by atoms with van der Waals surface area (Å²) >= 11 is 1.22. The zero-order valence-corrected chi connectivity index (χ0v) is 12.1. The predicted molar refractivity (Wildman–Crippen MR) is 74.3 cm³/mol. The topological polar surface area (TPSA) is 58.1 Å². The molecule has 2 fully saturated rings. The number of hydrogen-bond acceptors (Lipinski definition) is 5. The van der Waals surface area contributed by atoms with Crippen molar-refractivity contribution in [2.45, 2.75) is 32.6 Å². The number of carbonyl (C=O) groups is 1. The van der Waals surface area contributed by atoms with Gasteiger partial charge < -0.3 is 10.2 Å². The highest BCUT2D eigenvalue weighted by atomic mass is 32.1. The summed E-state index contributed by atoms with van der Waals surface area (Å²) in [5, 5.41) is 7.44. The largest absolute Gasteiger partial charge is 0.337 e. The Bertz CT molecular complexity index is 461. The lowest BCUT2D eigenvalue weighted by Gasteiger charge is -2.45. The number of piperidine rings is 2. The molecule has 2 aliphatic heterocycles. The second-order valence-electron chi connectivity index (χ2n) is 5.80. The fourth-order valence-electron chi connectivity index (χ4n) is 3.33. The van der Waals surface area contributed by atoms with Gasteiger partial charge in [0, 0.05) is 25.0 Å². The zero-order chi connectivity index (χ0) is 13.3. The van der Waals surface area contributed by atoms with Crippen LogP contribution in [0.3, 0.4) is 0 Å². The molecule has 6 heteroatoms. The van der Waals surface area contributed by atoms with Crippen molar-refractivity contribution in [3.05, 3.63) is 10.6 Å². The molecular formula is C13H20N4OS. The van der Waals surface area contributed by atoms with Crippen LogP contribution < -0.4 is 5.32 Å². The van der Waals surface area contributed by atoms with Crippen LogP contribution in [0.5, 0.6) is 0 Å². The first-order valence-corrected chi connectivity index (χ1v) is 7.77. The smallest absolute Gasteiger partial charge is 0.267 e. The fourth-order valence-corrected chi connectivity index (χ4v) is 3.96. The van der Waals surface area contributed by atoms with E-state index < -0.39 is 0 Å². The van der Waals surface area contributed by atoms with E-state index >= 15 is 0 Å². The minimum Gasteiger partial charge on any atom is -0.337 e. The Hall–Kier alpha value is -1.01. The van der Waals surface area contributed by atoms with E-state index in [9.17, 15) is 4.79 Å². The average molecular weight is 280 g/mol. The van der Waals surface area contributed by atoms with E-state index in [0.29, 0.717) is 10.3 Å². The van der Waals surface area contributed by atoms with E-state index in [1.54, 1.807) is 0 Å². The minimum atomic E-state index is 0.122. The molecule has 0 bridgehead atoms. The molecule has 0 aromatic carbocycles. The molecule has 2 aliphatic rings. The average Bonchev–Trinajstić information content (AvgIpc) is 2.85. The van der Waals surface area contributed by atoms with Gasteiger partial charge in [-0.3, -0.25) is 4.79 Å². The summed E-state index contributed by atoms with van der Waals surface area (Å²) in [6.45, 7) is 5.79. The second-order valence-corrected chi connectivity index (χ2v) is 6.55. The summed E-state index contributed by atoms with van der Waals surface area (Å²) in [4.78, 5) is 15.3. The molecular weight excluding hydrogens is 260 g/mol. The van der Waals surface area contributed by atoms with Gasteiger partial charge in [-0.15, -0.1) is 5.10 Å². The molecule has 1 amide bonds. The molecule has 19 heavy (non-hydrogen) atoms. The Morgan fingerprint density at radius 2 is 2.26 bits per heavy atom. The van der Waals surface area contributed by atoms with Crippen LogP contribution in [0.25, 0.3) is 0 Å². The molecule has 3 rings (SSSR count). The number of hydrogen-bond donors (Lipinski definition) is 1. The Morgan fingerprint density at radius 3 is 2.95 bits per heavy atom. The minimum absolute atomic E-state index is 0.122. The van der Waals surface area contributed by atoms with Gasteiger partial charge in [-0.2, -0.15) is 0 Å². The number of carbonyl (C=O) groups excluding carboxylic acids is 1. The van der Waals surface area contributed by atoms with Crippen molar-refractivity contribution in [3.8, 4) is 0 Å². The highest BCUT2D eigenvalue weighted by molar-refractivity contribution is 7.07. The summed E-state index contributed by atoms with van der Waals surface area (Å²) in [7, 11) is 0. The second kappa shape index (κ2) is 5.17. The summed E-state index contributed by atoms with van der Waals surface area (Å²) in [6, 6.07) is 0. The molecule has 1 atom stereocenters. The van der Waals surface area contributed by atoms with Crippen LogP contribution in [0.15, 0.2) is 0 Å². The van der Waals surface area contributed by atoms with Gasteiger partial charge in [0.15, 0.2) is 0 Å². The van der Waals surface area contributed by atoms with Gasteiger partial charge in [-0.05, 0) is 50.7 Å². The molecule has 1 spiro atoms. The van der Waals surface area contributed by atoms with Gasteiger partial charge in [0.1, 0.15) is 4.88 Å². The van der Waals surface area contributed by atoms with E-state index in [4.69, 9.17) is 0 Å². The lowest BCUT2D eigenvalue weighted by molar-refractivity contribution is 0.0437. The van der Waals surface area contributed by atoms with Crippen molar-refractivity contribution in [2.75, 3.05) is 26.2 Å². The van der Waals surface area contributed by atoms with Crippen LogP contribution in [0, 0.1) is 12.3 Å². The van der Waals surface area contributed by atoms with Crippen molar-refractivity contribution in [2.24, 2.45) is 5.41 Å². The number of aromatic nitrogens is 2. The summed E-state index contributed by atoms with van der Waals surface area (Å²) in [6.07, 6.45) is 4.81. The lowest BCUT2D eigenvalue weighted by Crippen LogP contribution is -2.52. The third-order valence-corrected chi connectivity index (χ3v) is 5.17. The molecule has 1 unspecified atom stereocenters. The summed E-state index contributed by atoms with van der Waals surface area (Å²) in [5.41, 5.74) is 1.06. The third kappa shape index (κ3) is 2.51. The predicted octanol–water partition coefficient (Wildman–Crippen LogP) is 1.45. The number of nitrogens with one attached hydrogen (secondary N) is 1. The summed E-state index contributed by atoms with van der Waals surface area (Å²) < 4.78 is 3.87. The lowest BCUT2D eigenvalue weighted by atomic mass is 9.74. The molecule has 3 heterocycles. The first kappa shape index (κ1) is 13.0. The van der Waals surface area contributed by atoms with Gasteiger partial charge in [0.05, 0.1) is 5.69 Å². The van der Waals surface area contributed by atoms with Crippen molar-refractivity contribution < 1.29 is 4.79 Å². The van der Waals surface area contributed by atoms with Crippen LogP contribution >= 0.6 is 11.5 Å². The number of nitrogens with zero attached hydrogens (tertiary/aromatic N) is 3. The Morgan fingerprint density at radius 1 is 1.42 bits per heavy atom. The summed E-state index contributed by atoms with van der Waals surface area (Å²) in [5.74, 6) is 0.122. The van der Waals surface area contributed by atoms with Gasteiger partial charge in [-0.25, -0.2) is 0 Å². The molecule has 0 saturated carbocycles. The molecule has 0 radical (unpaired) electrons. The quantitative estimate of drug-likeness (QED) is 0.846. The molecule has 1 N–H and O–H groups in total. The number of aryl methyl sites for hydroxylation is 1. The number of rotatable bonds is 1. The van der Waals surface area contributed by atoms with Crippen molar-refractivity contribution in [3.63, 3.8) is 0 Å². The molecule has 1 aromatic heterocycles. The van der Waals surface area contributed by atoms with Gasteiger partial charge in [0.25, 0.3) is 5.91 Å². The molecule has 5 nitrogen and oxygen atoms in total. The third-order valence-electron chi connectivity index (χ3n) is 4.36. The van der Waals surface area contributed by atoms with Crippen LogP contribution in [0.2, 0.25) is 0 Å². The monoisotopic (exact) mass is 280 g/mol. The number of amides is 1. The van der Waals surface area contributed by atoms with E-state index in [-0.39, 0.29) is 5.91 Å². The van der Waals surface area contributed by atoms with E-state index in [1.165, 1.54) is 30.8 Å². The highest BCUT2D eigenvalue weighted by Crippen LogP contribution is 2.36. The van der Waals surface area contributed by atoms with Crippen LogP contribution in [0.4, 0.5) is 0 Å². The van der Waals surface area contributed by atoms with Gasteiger partial charge >= 0.3 is 0 Å². The Kier molecular flexibility index (Phi) is 3.54. The van der Waals surface area contributed by atoms with E-state index in [0.717, 1.165) is 38.3 Å².